The molecule has 0 saturated carbocycles. The summed E-state index contributed by atoms with van der Waals surface area (Å²) in [6.07, 6.45) is -1.57. The van der Waals surface area contributed by atoms with Crippen LogP contribution in [0.4, 0.5) is 5.69 Å². The van der Waals surface area contributed by atoms with E-state index in [2.05, 4.69) is 10.6 Å². The third kappa shape index (κ3) is 7.31. The van der Waals surface area contributed by atoms with E-state index in [9.17, 15) is 19.5 Å². The lowest BCUT2D eigenvalue weighted by molar-refractivity contribution is -0.147. The van der Waals surface area contributed by atoms with Crippen LogP contribution in [0.1, 0.15) is 46.5 Å². The highest BCUT2D eigenvalue weighted by atomic mass is 35.5. The smallest absolute Gasteiger partial charge is 0.254 e. The van der Waals surface area contributed by atoms with Crippen LogP contribution in [0.2, 0.25) is 5.02 Å². The van der Waals surface area contributed by atoms with Gasteiger partial charge in [0.1, 0.15) is 11.8 Å². The monoisotopic (exact) mass is 638 g/mol. The molecule has 9 nitrogen and oxygen atoms in total. The number of anilines is 1. The molecule has 0 aliphatic carbocycles. The van der Waals surface area contributed by atoms with E-state index in [0.29, 0.717) is 12.3 Å². The van der Waals surface area contributed by atoms with E-state index >= 15 is 0 Å². The summed E-state index contributed by atoms with van der Waals surface area (Å²) in [5.41, 5.74) is 10.1. The standard InChI is InChI=1S/C33H39ClN4O5S/c1-19-9-6-10-20(2)24(19)17-36-31(41)29-33(3,4)44-18-38(29)32(42)28(39)26(16-21-11-7-12-22(15-21)43-5)37-30(40)23-13-8-14-25(35)27(23)34/h6-15,26,28-29,39H,16-18,35H2,1-5H3,(H,36,41)(H,37,40)/t26-,28-,29+/m0/s1. The average molecular weight is 639 g/mol. The van der Waals surface area contributed by atoms with Gasteiger partial charge < -0.3 is 31.1 Å². The molecule has 3 atom stereocenters. The van der Waals surface area contributed by atoms with Crippen molar-refractivity contribution in [1.82, 2.24) is 15.5 Å². The summed E-state index contributed by atoms with van der Waals surface area (Å²) in [5.74, 6) is -0.789. The van der Waals surface area contributed by atoms with E-state index < -0.39 is 34.7 Å². The molecule has 4 rings (SSSR count). The molecule has 0 aromatic heterocycles. The van der Waals surface area contributed by atoms with Crippen molar-refractivity contribution in [2.24, 2.45) is 0 Å². The molecule has 1 fully saturated rings. The number of nitrogens with two attached hydrogens (primary N) is 1. The first-order chi connectivity index (χ1) is 20.8. The average Bonchev–Trinajstić information content (AvgIpc) is 3.31. The molecule has 5 N–H and O–H groups in total. The molecular formula is C33H39ClN4O5S. The number of hydrogen-bond donors (Lipinski definition) is 4. The number of ether oxygens (including phenoxy) is 1. The zero-order chi connectivity index (χ0) is 32.2. The van der Waals surface area contributed by atoms with Crippen LogP contribution in [0.3, 0.4) is 0 Å². The normalized spacial score (nSPS) is 17.1. The Balaban J connectivity index is 1.59. The summed E-state index contributed by atoms with van der Waals surface area (Å²) in [7, 11) is 1.54. The van der Waals surface area contributed by atoms with Gasteiger partial charge in [-0.05, 0) is 80.6 Å². The molecule has 234 valence electrons. The van der Waals surface area contributed by atoms with Crippen LogP contribution >= 0.6 is 23.4 Å². The number of aliphatic hydroxyl groups excluding tert-OH is 1. The Morgan fingerprint density at radius 3 is 2.45 bits per heavy atom. The van der Waals surface area contributed by atoms with Gasteiger partial charge in [-0.2, -0.15) is 0 Å². The fourth-order valence-corrected chi connectivity index (χ4v) is 6.77. The number of halogens is 1. The molecular weight excluding hydrogens is 600 g/mol. The van der Waals surface area contributed by atoms with Crippen LogP contribution in [0.25, 0.3) is 0 Å². The maximum atomic E-state index is 14.0. The number of aliphatic hydroxyl groups is 1. The van der Waals surface area contributed by atoms with Gasteiger partial charge in [0.2, 0.25) is 5.91 Å². The number of rotatable bonds is 10. The number of carbonyl (C=O) groups excluding carboxylic acids is 3. The number of nitrogen functional groups attached to an aromatic ring is 1. The Morgan fingerprint density at radius 2 is 1.77 bits per heavy atom. The Labute approximate surface area is 267 Å². The second-order valence-corrected chi connectivity index (χ2v) is 13.4. The van der Waals surface area contributed by atoms with E-state index in [-0.39, 0.29) is 34.5 Å². The SMILES string of the molecule is COc1cccc(C[C@H](NC(=O)c2cccc(N)c2Cl)[C@H](O)C(=O)N2CSC(C)(C)[C@H]2C(=O)NCc2c(C)cccc2C)c1. The Morgan fingerprint density at radius 1 is 1.11 bits per heavy atom. The maximum Gasteiger partial charge on any atom is 0.254 e. The van der Waals surface area contributed by atoms with Gasteiger partial charge in [0.25, 0.3) is 11.8 Å². The molecule has 1 aliphatic rings. The molecule has 1 heterocycles. The van der Waals surface area contributed by atoms with Gasteiger partial charge in [-0.25, -0.2) is 0 Å². The first-order valence-electron chi connectivity index (χ1n) is 14.3. The molecule has 44 heavy (non-hydrogen) atoms. The molecule has 11 heteroatoms. The van der Waals surface area contributed by atoms with Crippen LogP contribution in [0, 0.1) is 13.8 Å². The summed E-state index contributed by atoms with van der Waals surface area (Å²) in [6, 6.07) is 15.9. The molecule has 0 spiro atoms. The quantitative estimate of drug-likeness (QED) is 0.244. The van der Waals surface area contributed by atoms with Gasteiger partial charge in [0, 0.05) is 11.3 Å². The fraction of sp³-hybridized carbons (Fsp3) is 0.364. The van der Waals surface area contributed by atoms with Crippen molar-refractivity contribution in [3.63, 3.8) is 0 Å². The van der Waals surface area contributed by atoms with Crippen molar-refractivity contribution in [3.05, 3.63) is 93.5 Å². The highest BCUT2D eigenvalue weighted by molar-refractivity contribution is 8.00. The third-order valence-corrected chi connectivity index (χ3v) is 9.77. The highest BCUT2D eigenvalue weighted by Crippen LogP contribution is 2.40. The van der Waals surface area contributed by atoms with E-state index in [0.717, 1.165) is 22.3 Å². The number of amides is 3. The first kappa shape index (κ1) is 33.2. The van der Waals surface area contributed by atoms with Gasteiger partial charge in [-0.3, -0.25) is 14.4 Å². The first-order valence-corrected chi connectivity index (χ1v) is 15.6. The van der Waals surface area contributed by atoms with Gasteiger partial charge in [-0.15, -0.1) is 11.8 Å². The number of carbonyl (C=O) groups is 3. The van der Waals surface area contributed by atoms with Gasteiger partial charge >= 0.3 is 0 Å². The van der Waals surface area contributed by atoms with Crippen LogP contribution in [-0.2, 0) is 22.6 Å². The lowest BCUT2D eigenvalue weighted by Crippen LogP contribution is -2.58. The minimum atomic E-state index is -1.67. The van der Waals surface area contributed by atoms with Crippen molar-refractivity contribution in [2.45, 2.75) is 63.6 Å². The lowest BCUT2D eigenvalue weighted by atomic mass is 9.96. The highest BCUT2D eigenvalue weighted by Gasteiger charge is 2.49. The number of aryl methyl sites for hydroxylation is 2. The van der Waals surface area contributed by atoms with Crippen molar-refractivity contribution < 1.29 is 24.2 Å². The van der Waals surface area contributed by atoms with Crippen LogP contribution in [0.5, 0.6) is 5.75 Å². The van der Waals surface area contributed by atoms with E-state index in [4.69, 9.17) is 22.1 Å². The predicted octanol–water partition coefficient (Wildman–Crippen LogP) is 4.25. The van der Waals surface area contributed by atoms with Crippen molar-refractivity contribution >= 4 is 46.8 Å². The summed E-state index contributed by atoms with van der Waals surface area (Å²) in [5, 5.41) is 17.4. The second-order valence-electron chi connectivity index (χ2n) is 11.5. The van der Waals surface area contributed by atoms with Gasteiger partial charge in [-0.1, -0.05) is 48.0 Å². The molecule has 0 bridgehead atoms. The number of benzene rings is 3. The molecule has 0 unspecified atom stereocenters. The third-order valence-electron chi connectivity index (χ3n) is 7.97. The van der Waals surface area contributed by atoms with Crippen LogP contribution in [-0.4, -0.2) is 63.6 Å². The molecule has 1 saturated heterocycles. The van der Waals surface area contributed by atoms with Crippen molar-refractivity contribution in [1.29, 1.82) is 0 Å². The molecule has 1 aliphatic heterocycles. The maximum absolute atomic E-state index is 14.0. The Bertz CT molecular complexity index is 1530. The van der Waals surface area contributed by atoms with Crippen molar-refractivity contribution in [2.75, 3.05) is 18.7 Å². The minimum absolute atomic E-state index is 0.0734. The van der Waals surface area contributed by atoms with E-state index in [1.54, 1.807) is 30.3 Å². The number of nitrogens with zero attached hydrogens (tertiary/aromatic N) is 1. The van der Waals surface area contributed by atoms with Gasteiger partial charge in [0.15, 0.2) is 6.10 Å². The topological polar surface area (TPSA) is 134 Å². The summed E-state index contributed by atoms with van der Waals surface area (Å²) in [4.78, 5) is 42.4. The number of methoxy groups -OCH3 is 1. The summed E-state index contributed by atoms with van der Waals surface area (Å²) < 4.78 is 4.71. The van der Waals surface area contributed by atoms with Crippen molar-refractivity contribution in [3.8, 4) is 5.75 Å². The number of nitrogens with one attached hydrogen (secondary N) is 2. The molecule has 3 aromatic carbocycles. The minimum Gasteiger partial charge on any atom is -0.497 e. The molecule has 0 radical (unpaired) electrons. The van der Waals surface area contributed by atoms with E-state index in [1.807, 2.05) is 52.0 Å². The molecule has 3 aromatic rings. The second kappa shape index (κ2) is 13.9. The zero-order valence-electron chi connectivity index (χ0n) is 25.5. The van der Waals surface area contributed by atoms with E-state index in [1.165, 1.54) is 29.8 Å². The largest absolute Gasteiger partial charge is 0.497 e. The van der Waals surface area contributed by atoms with Crippen LogP contribution in [0.15, 0.2) is 60.7 Å². The predicted molar refractivity (Wildman–Crippen MR) is 175 cm³/mol. The summed E-state index contributed by atoms with van der Waals surface area (Å²) >= 11 is 7.76. The Hall–Kier alpha value is -3.73. The van der Waals surface area contributed by atoms with Gasteiger partial charge in [0.05, 0.1) is 35.3 Å². The Kier molecular flexibility index (Phi) is 10.5. The van der Waals surface area contributed by atoms with Crippen LogP contribution < -0.4 is 21.1 Å². The summed E-state index contributed by atoms with van der Waals surface area (Å²) in [6.45, 7) is 8.10. The molecule has 3 amide bonds. The zero-order valence-corrected chi connectivity index (χ0v) is 27.1. The number of thioether (sulfide) groups is 1. The lowest BCUT2D eigenvalue weighted by Gasteiger charge is -2.33. The fourth-order valence-electron chi connectivity index (χ4n) is 5.42. The number of hydrogen-bond acceptors (Lipinski definition) is 7.